The van der Waals surface area contributed by atoms with Gasteiger partial charge in [0.05, 0.1) is 12.6 Å². The topological polar surface area (TPSA) is 70.1 Å². The van der Waals surface area contributed by atoms with Crippen molar-refractivity contribution in [1.29, 1.82) is 0 Å². The fourth-order valence-electron chi connectivity index (χ4n) is 2.13. The SMILES string of the molecule is CC(C)[C@H](CO)Nc1nc(NCc2ccccc2)cc(C(F)(F)F)n1. The van der Waals surface area contributed by atoms with E-state index in [1.165, 1.54) is 0 Å². The van der Waals surface area contributed by atoms with Gasteiger partial charge in [0.25, 0.3) is 0 Å². The zero-order chi connectivity index (χ0) is 18.4. The average Bonchev–Trinajstić information content (AvgIpc) is 2.57. The summed E-state index contributed by atoms with van der Waals surface area (Å²) in [4.78, 5) is 7.62. The number of rotatable bonds is 7. The molecule has 0 saturated carbocycles. The molecule has 8 heteroatoms. The van der Waals surface area contributed by atoms with Crippen molar-refractivity contribution in [3.8, 4) is 0 Å². The van der Waals surface area contributed by atoms with Gasteiger partial charge in [0.1, 0.15) is 5.82 Å². The third kappa shape index (κ3) is 5.60. The Bertz CT molecular complexity index is 677. The van der Waals surface area contributed by atoms with Crippen LogP contribution >= 0.6 is 0 Å². The first-order valence-corrected chi connectivity index (χ1v) is 7.91. The summed E-state index contributed by atoms with van der Waals surface area (Å²) in [7, 11) is 0. The van der Waals surface area contributed by atoms with E-state index in [1.54, 1.807) is 0 Å². The van der Waals surface area contributed by atoms with Crippen molar-refractivity contribution < 1.29 is 18.3 Å². The number of alkyl halides is 3. The Kier molecular flexibility index (Phi) is 6.19. The van der Waals surface area contributed by atoms with E-state index in [1.807, 2.05) is 44.2 Å². The summed E-state index contributed by atoms with van der Waals surface area (Å²) in [6, 6.07) is 9.71. The summed E-state index contributed by atoms with van der Waals surface area (Å²) >= 11 is 0. The molecule has 1 heterocycles. The molecule has 2 aromatic rings. The molecule has 0 amide bonds. The summed E-state index contributed by atoms with van der Waals surface area (Å²) in [6.07, 6.45) is -4.59. The molecule has 25 heavy (non-hydrogen) atoms. The van der Waals surface area contributed by atoms with Crippen molar-refractivity contribution >= 4 is 11.8 Å². The second-order valence-electron chi connectivity index (χ2n) is 5.98. The molecule has 0 fully saturated rings. The number of nitrogens with one attached hydrogen (secondary N) is 2. The van der Waals surface area contributed by atoms with E-state index >= 15 is 0 Å². The molecule has 0 radical (unpaired) electrons. The number of hydrogen-bond donors (Lipinski definition) is 3. The van der Waals surface area contributed by atoms with Crippen LogP contribution in [0.1, 0.15) is 25.1 Å². The first-order chi connectivity index (χ1) is 11.8. The number of halogens is 3. The maximum atomic E-state index is 13.1. The minimum atomic E-state index is -4.59. The van der Waals surface area contributed by atoms with Gasteiger partial charge in [-0.2, -0.15) is 18.2 Å². The van der Waals surface area contributed by atoms with Crippen molar-refractivity contribution in [2.45, 2.75) is 32.6 Å². The van der Waals surface area contributed by atoms with Crippen molar-refractivity contribution in [3.05, 3.63) is 47.7 Å². The molecule has 0 bridgehead atoms. The van der Waals surface area contributed by atoms with Gasteiger partial charge in [-0.15, -0.1) is 0 Å². The molecule has 136 valence electrons. The molecule has 1 aromatic carbocycles. The molecule has 5 nitrogen and oxygen atoms in total. The lowest BCUT2D eigenvalue weighted by atomic mass is 10.1. The molecular formula is C17H21F3N4O. The minimum absolute atomic E-state index is 0.00358. The van der Waals surface area contributed by atoms with Gasteiger partial charge in [0.2, 0.25) is 5.95 Å². The van der Waals surface area contributed by atoms with Gasteiger partial charge in [0, 0.05) is 12.6 Å². The van der Waals surface area contributed by atoms with Crippen molar-refractivity contribution in [3.63, 3.8) is 0 Å². The number of benzene rings is 1. The maximum Gasteiger partial charge on any atom is 0.433 e. The van der Waals surface area contributed by atoms with E-state index < -0.39 is 17.9 Å². The lowest BCUT2D eigenvalue weighted by Gasteiger charge is -2.21. The molecule has 0 aliphatic rings. The Balaban J connectivity index is 2.24. The molecule has 2 rings (SSSR count). The number of anilines is 2. The van der Waals surface area contributed by atoms with Gasteiger partial charge in [-0.25, -0.2) is 4.98 Å². The number of aromatic nitrogens is 2. The van der Waals surface area contributed by atoms with Crippen LogP contribution in [0.2, 0.25) is 0 Å². The predicted octanol–water partition coefficient (Wildman–Crippen LogP) is 3.54. The first-order valence-electron chi connectivity index (χ1n) is 7.91. The van der Waals surface area contributed by atoms with Crippen molar-refractivity contribution in [2.75, 3.05) is 17.2 Å². The Morgan fingerprint density at radius 2 is 1.80 bits per heavy atom. The van der Waals surface area contributed by atoms with Crippen LogP contribution in [0.4, 0.5) is 24.9 Å². The Hall–Kier alpha value is -2.35. The van der Waals surface area contributed by atoms with Gasteiger partial charge in [-0.3, -0.25) is 0 Å². The van der Waals surface area contributed by atoms with E-state index in [9.17, 15) is 18.3 Å². The largest absolute Gasteiger partial charge is 0.433 e. The Morgan fingerprint density at radius 1 is 1.12 bits per heavy atom. The summed E-state index contributed by atoms with van der Waals surface area (Å²) in [5.74, 6) is -0.101. The normalized spacial score (nSPS) is 12.9. The molecule has 0 spiro atoms. The quantitative estimate of drug-likeness (QED) is 0.710. The highest BCUT2D eigenvalue weighted by Gasteiger charge is 2.34. The highest BCUT2D eigenvalue weighted by Crippen LogP contribution is 2.30. The molecule has 0 aliphatic heterocycles. The molecule has 1 atom stereocenters. The summed E-state index contributed by atoms with van der Waals surface area (Å²) in [5.41, 5.74) is -0.124. The van der Waals surface area contributed by atoms with Crippen molar-refractivity contribution in [2.24, 2.45) is 5.92 Å². The minimum Gasteiger partial charge on any atom is -0.394 e. The van der Waals surface area contributed by atoms with Gasteiger partial charge in [0.15, 0.2) is 5.69 Å². The van der Waals surface area contributed by atoms with Crippen LogP contribution in [-0.2, 0) is 12.7 Å². The molecule has 0 unspecified atom stereocenters. The Labute approximate surface area is 144 Å². The second kappa shape index (κ2) is 8.15. The van der Waals surface area contributed by atoms with Crippen LogP contribution in [0, 0.1) is 5.92 Å². The maximum absolute atomic E-state index is 13.1. The zero-order valence-corrected chi connectivity index (χ0v) is 14.0. The summed E-state index contributed by atoms with van der Waals surface area (Å²) in [6.45, 7) is 3.79. The van der Waals surface area contributed by atoms with E-state index in [0.717, 1.165) is 11.6 Å². The molecular weight excluding hydrogens is 333 g/mol. The fourth-order valence-corrected chi connectivity index (χ4v) is 2.13. The van der Waals surface area contributed by atoms with Crippen molar-refractivity contribution in [1.82, 2.24) is 9.97 Å². The lowest BCUT2D eigenvalue weighted by molar-refractivity contribution is -0.141. The molecule has 0 aliphatic carbocycles. The average molecular weight is 354 g/mol. The zero-order valence-electron chi connectivity index (χ0n) is 14.0. The number of hydrogen-bond acceptors (Lipinski definition) is 5. The predicted molar refractivity (Wildman–Crippen MR) is 90.1 cm³/mol. The first kappa shape index (κ1) is 19.0. The highest BCUT2D eigenvalue weighted by atomic mass is 19.4. The van der Waals surface area contributed by atoms with Crippen LogP contribution in [0.3, 0.4) is 0 Å². The standard InChI is InChI=1S/C17H21F3N4O/c1-11(2)13(10-25)22-16-23-14(17(18,19)20)8-15(24-16)21-9-12-6-4-3-5-7-12/h3-8,11,13,25H,9-10H2,1-2H3,(H2,21,22,23,24)/t13-/m0/s1. The molecule has 0 saturated heterocycles. The van der Waals surface area contributed by atoms with Crippen LogP contribution in [0.25, 0.3) is 0 Å². The lowest BCUT2D eigenvalue weighted by Crippen LogP contribution is -2.30. The summed E-state index contributed by atoms with van der Waals surface area (Å²) in [5, 5.41) is 15.0. The third-order valence-corrected chi connectivity index (χ3v) is 3.65. The van der Waals surface area contributed by atoms with Gasteiger partial charge in [-0.1, -0.05) is 44.2 Å². The van der Waals surface area contributed by atoms with E-state index in [0.29, 0.717) is 6.54 Å². The van der Waals surface area contributed by atoms with Gasteiger partial charge >= 0.3 is 6.18 Å². The number of aliphatic hydroxyl groups is 1. The third-order valence-electron chi connectivity index (χ3n) is 3.65. The van der Waals surface area contributed by atoms with Gasteiger partial charge in [-0.05, 0) is 11.5 Å². The van der Waals surface area contributed by atoms with E-state index in [2.05, 4.69) is 20.6 Å². The van der Waals surface area contributed by atoms with Crippen LogP contribution in [-0.4, -0.2) is 27.7 Å². The smallest absolute Gasteiger partial charge is 0.394 e. The highest BCUT2D eigenvalue weighted by molar-refractivity contribution is 5.44. The molecule has 1 aromatic heterocycles. The molecule has 3 N–H and O–H groups in total. The van der Waals surface area contributed by atoms with Crippen LogP contribution < -0.4 is 10.6 Å². The number of nitrogens with zero attached hydrogens (tertiary/aromatic N) is 2. The van der Waals surface area contributed by atoms with Crippen LogP contribution in [0.5, 0.6) is 0 Å². The van der Waals surface area contributed by atoms with E-state index in [-0.39, 0.29) is 24.3 Å². The van der Waals surface area contributed by atoms with E-state index in [4.69, 9.17) is 0 Å². The Morgan fingerprint density at radius 3 is 2.36 bits per heavy atom. The van der Waals surface area contributed by atoms with Gasteiger partial charge < -0.3 is 15.7 Å². The number of aliphatic hydroxyl groups excluding tert-OH is 1. The summed E-state index contributed by atoms with van der Waals surface area (Å²) < 4.78 is 39.3. The monoisotopic (exact) mass is 354 g/mol. The fraction of sp³-hybridized carbons (Fsp3) is 0.412. The van der Waals surface area contributed by atoms with Crippen LogP contribution in [0.15, 0.2) is 36.4 Å². The second-order valence-corrected chi connectivity index (χ2v) is 5.98.